The molecule has 0 unspecified atom stereocenters. The fourth-order valence-corrected chi connectivity index (χ4v) is 4.61. The highest BCUT2D eigenvalue weighted by Crippen LogP contribution is 2.35. The van der Waals surface area contributed by atoms with Gasteiger partial charge in [0.05, 0.1) is 16.0 Å². The summed E-state index contributed by atoms with van der Waals surface area (Å²) in [5, 5.41) is 0. The highest BCUT2D eigenvalue weighted by atomic mass is 32.2. The molecule has 2 heterocycles. The van der Waals surface area contributed by atoms with Crippen molar-refractivity contribution < 1.29 is 22.7 Å². The first-order chi connectivity index (χ1) is 18.6. The molecular weight excluding hydrogens is 518 g/mol. The van der Waals surface area contributed by atoms with Gasteiger partial charge < -0.3 is 9.47 Å². The zero-order valence-corrected chi connectivity index (χ0v) is 22.9. The number of anilines is 1. The van der Waals surface area contributed by atoms with Gasteiger partial charge >= 0.3 is 6.01 Å². The molecule has 0 aliphatic rings. The standard InChI is InChI=1S/C28H29N5O5S/c1-19-5-7-21(8-6-19)24-25(33-39(35,36)23-11-9-22(10-12-23)28(2,3)4)31-18-32-26(24)37-13-14-38-27-29-15-20(17-34)16-30-27/h5-12,15-18H,13-14H2,1-4H3,(H,31,32,33). The van der Waals surface area contributed by atoms with Crippen LogP contribution >= 0.6 is 0 Å². The highest BCUT2D eigenvalue weighted by molar-refractivity contribution is 7.92. The van der Waals surface area contributed by atoms with Crippen molar-refractivity contribution in [1.82, 2.24) is 19.9 Å². The summed E-state index contributed by atoms with van der Waals surface area (Å²) in [5.41, 5.74) is 3.34. The molecule has 39 heavy (non-hydrogen) atoms. The number of hydrogen-bond acceptors (Lipinski definition) is 9. The fraction of sp³-hybridized carbons (Fsp3) is 0.250. The summed E-state index contributed by atoms with van der Waals surface area (Å²) in [6.07, 6.45) is 4.58. The first-order valence-corrected chi connectivity index (χ1v) is 13.6. The van der Waals surface area contributed by atoms with Gasteiger partial charge in [-0.05, 0) is 35.6 Å². The van der Waals surface area contributed by atoms with Crippen molar-refractivity contribution in [2.45, 2.75) is 38.0 Å². The molecule has 0 aliphatic carbocycles. The molecule has 0 fully saturated rings. The number of rotatable bonds is 10. The summed E-state index contributed by atoms with van der Waals surface area (Å²) in [4.78, 5) is 27.2. The van der Waals surface area contributed by atoms with Crippen molar-refractivity contribution in [3.63, 3.8) is 0 Å². The Kier molecular flexibility index (Phi) is 8.20. The molecule has 4 rings (SSSR count). The fourth-order valence-electron chi connectivity index (χ4n) is 3.59. The second kappa shape index (κ2) is 11.6. The van der Waals surface area contributed by atoms with Crippen LogP contribution in [0.4, 0.5) is 5.82 Å². The third kappa shape index (κ3) is 6.94. The van der Waals surface area contributed by atoms with E-state index < -0.39 is 10.0 Å². The van der Waals surface area contributed by atoms with Crippen molar-refractivity contribution in [3.05, 3.63) is 83.9 Å². The molecule has 202 valence electrons. The Labute approximate surface area is 227 Å². The van der Waals surface area contributed by atoms with Gasteiger partial charge in [0, 0.05) is 12.4 Å². The molecule has 0 saturated heterocycles. The van der Waals surface area contributed by atoms with E-state index in [4.69, 9.17) is 9.47 Å². The second-order valence-electron chi connectivity index (χ2n) is 9.76. The van der Waals surface area contributed by atoms with Crippen molar-refractivity contribution in [1.29, 1.82) is 0 Å². The molecule has 2 aromatic carbocycles. The van der Waals surface area contributed by atoms with Crippen LogP contribution in [0.3, 0.4) is 0 Å². The summed E-state index contributed by atoms with van der Waals surface area (Å²) >= 11 is 0. The van der Waals surface area contributed by atoms with Gasteiger partial charge in [-0.15, -0.1) is 0 Å². The van der Waals surface area contributed by atoms with Crippen LogP contribution in [0, 0.1) is 6.92 Å². The van der Waals surface area contributed by atoms with Crippen LogP contribution in [0.2, 0.25) is 0 Å². The predicted molar refractivity (Wildman–Crippen MR) is 147 cm³/mol. The van der Waals surface area contributed by atoms with E-state index in [1.54, 1.807) is 24.3 Å². The molecule has 10 nitrogen and oxygen atoms in total. The minimum absolute atomic E-state index is 0.0646. The van der Waals surface area contributed by atoms with Crippen LogP contribution in [0.25, 0.3) is 11.1 Å². The molecule has 0 atom stereocenters. The van der Waals surface area contributed by atoms with Gasteiger partial charge in [0.15, 0.2) is 12.1 Å². The van der Waals surface area contributed by atoms with Crippen LogP contribution in [0.1, 0.15) is 42.3 Å². The number of nitrogens with zero attached hydrogens (tertiary/aromatic N) is 4. The van der Waals surface area contributed by atoms with Crippen LogP contribution < -0.4 is 14.2 Å². The second-order valence-corrected chi connectivity index (χ2v) is 11.4. The van der Waals surface area contributed by atoms with Gasteiger partial charge in [0.2, 0.25) is 5.88 Å². The Bertz CT molecular complexity index is 1530. The lowest BCUT2D eigenvalue weighted by molar-refractivity contribution is 0.112. The lowest BCUT2D eigenvalue weighted by atomic mass is 9.87. The van der Waals surface area contributed by atoms with Gasteiger partial charge in [-0.2, -0.15) is 0 Å². The summed E-state index contributed by atoms with van der Waals surface area (Å²) in [6, 6.07) is 14.4. The smallest absolute Gasteiger partial charge is 0.316 e. The van der Waals surface area contributed by atoms with E-state index in [9.17, 15) is 13.2 Å². The van der Waals surface area contributed by atoms with Crippen molar-refractivity contribution in [2.24, 2.45) is 0 Å². The van der Waals surface area contributed by atoms with Gasteiger partial charge in [-0.3, -0.25) is 9.52 Å². The number of hydrogen-bond donors (Lipinski definition) is 1. The van der Waals surface area contributed by atoms with Gasteiger partial charge in [-0.25, -0.2) is 28.4 Å². The van der Waals surface area contributed by atoms with E-state index >= 15 is 0 Å². The molecule has 0 amide bonds. The normalized spacial score (nSPS) is 11.6. The summed E-state index contributed by atoms with van der Waals surface area (Å²) in [5.74, 6) is 0.257. The molecule has 0 radical (unpaired) electrons. The van der Waals surface area contributed by atoms with Crippen molar-refractivity contribution in [3.8, 4) is 23.0 Å². The Morgan fingerprint density at radius 1 is 0.872 bits per heavy atom. The molecular formula is C28H29N5O5S. The molecule has 4 aromatic rings. The van der Waals surface area contributed by atoms with E-state index in [2.05, 4.69) is 45.4 Å². The number of carbonyl (C=O) groups excluding carboxylic acids is 1. The minimum atomic E-state index is -3.96. The van der Waals surface area contributed by atoms with E-state index in [-0.39, 0.29) is 41.2 Å². The maximum absolute atomic E-state index is 13.3. The van der Waals surface area contributed by atoms with Crippen LogP contribution in [0.5, 0.6) is 11.9 Å². The van der Waals surface area contributed by atoms with Gasteiger partial charge in [-0.1, -0.05) is 62.7 Å². The van der Waals surface area contributed by atoms with Crippen LogP contribution in [0.15, 0.2) is 72.1 Å². The lowest BCUT2D eigenvalue weighted by Gasteiger charge is -2.19. The van der Waals surface area contributed by atoms with E-state index in [1.165, 1.54) is 18.7 Å². The number of nitrogens with one attached hydrogen (secondary N) is 1. The Morgan fingerprint density at radius 3 is 2.13 bits per heavy atom. The number of aromatic nitrogens is 4. The summed E-state index contributed by atoms with van der Waals surface area (Å²) < 4.78 is 40.6. The molecule has 0 aliphatic heterocycles. The third-order valence-electron chi connectivity index (χ3n) is 5.75. The van der Waals surface area contributed by atoms with Crippen molar-refractivity contribution in [2.75, 3.05) is 17.9 Å². The summed E-state index contributed by atoms with van der Waals surface area (Å²) in [6.45, 7) is 8.29. The minimum Gasteiger partial charge on any atom is -0.473 e. The number of sulfonamides is 1. The average molecular weight is 548 g/mol. The number of ether oxygens (including phenoxy) is 2. The topological polar surface area (TPSA) is 133 Å². The highest BCUT2D eigenvalue weighted by Gasteiger charge is 2.22. The Balaban J connectivity index is 1.58. The first-order valence-electron chi connectivity index (χ1n) is 12.1. The molecule has 0 saturated carbocycles. The first kappa shape index (κ1) is 27.6. The lowest BCUT2D eigenvalue weighted by Crippen LogP contribution is -2.17. The predicted octanol–water partition coefficient (Wildman–Crippen LogP) is 4.61. The maximum Gasteiger partial charge on any atom is 0.316 e. The molecule has 0 spiro atoms. The summed E-state index contributed by atoms with van der Waals surface area (Å²) in [7, 11) is -3.96. The molecule has 1 N–H and O–H groups in total. The molecule has 2 aromatic heterocycles. The number of aldehydes is 1. The number of benzene rings is 2. The largest absolute Gasteiger partial charge is 0.473 e. The van der Waals surface area contributed by atoms with E-state index in [0.29, 0.717) is 23.0 Å². The number of carbonyl (C=O) groups is 1. The Hall–Kier alpha value is -4.38. The quantitative estimate of drug-likeness (QED) is 0.223. The van der Waals surface area contributed by atoms with Crippen LogP contribution in [-0.4, -0.2) is 47.9 Å². The van der Waals surface area contributed by atoms with Gasteiger partial charge in [0.25, 0.3) is 10.0 Å². The van der Waals surface area contributed by atoms with E-state index in [1.807, 2.05) is 31.2 Å². The maximum atomic E-state index is 13.3. The number of aryl methyl sites for hydroxylation is 1. The van der Waals surface area contributed by atoms with E-state index in [0.717, 1.165) is 11.1 Å². The Morgan fingerprint density at radius 2 is 1.51 bits per heavy atom. The molecule has 11 heteroatoms. The monoisotopic (exact) mass is 547 g/mol. The van der Waals surface area contributed by atoms with Gasteiger partial charge in [0.1, 0.15) is 19.5 Å². The average Bonchev–Trinajstić information content (AvgIpc) is 2.91. The van der Waals surface area contributed by atoms with Crippen LogP contribution in [-0.2, 0) is 15.4 Å². The molecule has 0 bridgehead atoms. The van der Waals surface area contributed by atoms with Crippen molar-refractivity contribution >= 4 is 22.1 Å². The zero-order chi connectivity index (χ0) is 28.0. The third-order valence-corrected chi connectivity index (χ3v) is 7.11. The SMILES string of the molecule is Cc1ccc(-c2c(NS(=O)(=O)c3ccc(C(C)(C)C)cc3)ncnc2OCCOc2ncc(C=O)cn2)cc1. The zero-order valence-electron chi connectivity index (χ0n) is 22.1.